The van der Waals surface area contributed by atoms with Gasteiger partial charge in [-0.2, -0.15) is 0 Å². The molecule has 0 spiro atoms. The number of aliphatic hydroxyl groups is 1. The minimum atomic E-state index is -2.67. The molecular formula is C9H16F2N2O2S. The molecule has 1 rings (SSSR count). The van der Waals surface area contributed by atoms with Gasteiger partial charge in [0.2, 0.25) is 0 Å². The molecule has 0 aromatic carbocycles. The Balaban J connectivity index is 2.56. The Morgan fingerprint density at radius 3 is 2.69 bits per heavy atom. The maximum Gasteiger partial charge on any atom is 0.266 e. The molecule has 16 heavy (non-hydrogen) atoms. The van der Waals surface area contributed by atoms with E-state index < -0.39 is 24.7 Å². The summed E-state index contributed by atoms with van der Waals surface area (Å²) in [6, 6.07) is -0.259. The third-order valence-corrected chi connectivity index (χ3v) is 2.93. The molecule has 0 aliphatic carbocycles. The van der Waals surface area contributed by atoms with Gasteiger partial charge in [-0.25, -0.2) is 8.78 Å². The van der Waals surface area contributed by atoms with E-state index in [0.29, 0.717) is 5.11 Å². The van der Waals surface area contributed by atoms with Gasteiger partial charge < -0.3 is 20.5 Å². The van der Waals surface area contributed by atoms with Crippen molar-refractivity contribution in [3.63, 3.8) is 0 Å². The quantitative estimate of drug-likeness (QED) is 0.617. The first-order valence-corrected chi connectivity index (χ1v) is 5.46. The summed E-state index contributed by atoms with van der Waals surface area (Å²) in [7, 11) is 1.65. The number of rotatable bonds is 2. The molecule has 3 N–H and O–H groups in total. The van der Waals surface area contributed by atoms with Crippen LogP contribution in [-0.2, 0) is 4.74 Å². The lowest BCUT2D eigenvalue weighted by Gasteiger charge is -2.38. The SMILES string of the molecule is CNC(=S)NC1CC(O)C(C(F)F)OC1C. The fourth-order valence-corrected chi connectivity index (χ4v) is 1.81. The first-order valence-electron chi connectivity index (χ1n) is 5.05. The highest BCUT2D eigenvalue weighted by Crippen LogP contribution is 2.24. The van der Waals surface area contributed by atoms with E-state index in [2.05, 4.69) is 10.6 Å². The van der Waals surface area contributed by atoms with Gasteiger partial charge in [0.05, 0.1) is 18.2 Å². The minimum absolute atomic E-state index is 0.192. The van der Waals surface area contributed by atoms with Crippen molar-refractivity contribution in [1.29, 1.82) is 0 Å². The van der Waals surface area contributed by atoms with E-state index in [1.165, 1.54) is 0 Å². The van der Waals surface area contributed by atoms with E-state index >= 15 is 0 Å². The number of aliphatic hydroxyl groups excluding tert-OH is 1. The third-order valence-electron chi connectivity index (χ3n) is 2.60. The van der Waals surface area contributed by atoms with Crippen molar-refractivity contribution in [3.05, 3.63) is 0 Å². The van der Waals surface area contributed by atoms with E-state index in [9.17, 15) is 13.9 Å². The Morgan fingerprint density at radius 2 is 2.19 bits per heavy atom. The van der Waals surface area contributed by atoms with Crippen LogP contribution in [0.5, 0.6) is 0 Å². The summed E-state index contributed by atoms with van der Waals surface area (Å²) in [6.45, 7) is 1.68. The predicted octanol–water partition coefficient (Wildman–Crippen LogP) is 0.252. The average molecular weight is 254 g/mol. The Morgan fingerprint density at radius 1 is 1.56 bits per heavy atom. The summed E-state index contributed by atoms with van der Waals surface area (Å²) in [4.78, 5) is 0. The summed E-state index contributed by atoms with van der Waals surface area (Å²) in [5, 5.41) is 15.5. The maximum absolute atomic E-state index is 12.5. The van der Waals surface area contributed by atoms with Crippen LogP contribution in [-0.4, -0.2) is 48.0 Å². The Labute approximate surface area is 98.4 Å². The summed E-state index contributed by atoms with van der Waals surface area (Å²) in [5.74, 6) is 0. The molecule has 0 aromatic rings. The van der Waals surface area contributed by atoms with Crippen LogP contribution in [0.1, 0.15) is 13.3 Å². The molecule has 94 valence electrons. The Hall–Kier alpha value is -0.530. The standard InChI is InChI=1S/C9H16F2N2O2S/c1-4-5(13-9(16)12-2)3-6(14)7(15-4)8(10)11/h4-8,14H,3H2,1-2H3,(H2,12,13,16). The van der Waals surface area contributed by atoms with Gasteiger partial charge in [-0.05, 0) is 25.6 Å². The molecular weight excluding hydrogens is 238 g/mol. The number of halogens is 2. The lowest BCUT2D eigenvalue weighted by Crippen LogP contribution is -2.56. The van der Waals surface area contributed by atoms with Gasteiger partial charge in [0.15, 0.2) is 5.11 Å². The molecule has 4 unspecified atom stereocenters. The Bertz CT molecular complexity index is 256. The first kappa shape index (κ1) is 13.5. The number of hydrogen-bond acceptors (Lipinski definition) is 3. The van der Waals surface area contributed by atoms with Crippen LogP contribution in [0.15, 0.2) is 0 Å². The average Bonchev–Trinajstić information content (AvgIpc) is 2.22. The highest BCUT2D eigenvalue weighted by molar-refractivity contribution is 7.80. The maximum atomic E-state index is 12.5. The molecule has 0 aromatic heterocycles. The molecule has 0 bridgehead atoms. The molecule has 1 aliphatic heterocycles. The monoisotopic (exact) mass is 254 g/mol. The van der Waals surface area contributed by atoms with Crippen molar-refractivity contribution in [1.82, 2.24) is 10.6 Å². The van der Waals surface area contributed by atoms with E-state index in [1.54, 1.807) is 14.0 Å². The molecule has 1 aliphatic rings. The second kappa shape index (κ2) is 5.70. The van der Waals surface area contributed by atoms with E-state index in [-0.39, 0.29) is 12.5 Å². The highest BCUT2D eigenvalue weighted by Gasteiger charge is 2.39. The van der Waals surface area contributed by atoms with Crippen LogP contribution in [0.4, 0.5) is 8.78 Å². The van der Waals surface area contributed by atoms with Crippen molar-refractivity contribution in [2.75, 3.05) is 7.05 Å². The van der Waals surface area contributed by atoms with E-state index in [1.807, 2.05) is 0 Å². The zero-order valence-electron chi connectivity index (χ0n) is 9.11. The molecule has 1 heterocycles. The summed E-state index contributed by atoms with van der Waals surface area (Å²) < 4.78 is 30.0. The molecule has 0 amide bonds. The highest BCUT2D eigenvalue weighted by atomic mass is 32.1. The lowest BCUT2D eigenvalue weighted by molar-refractivity contribution is -0.173. The number of ether oxygens (including phenoxy) is 1. The van der Waals surface area contributed by atoms with E-state index in [0.717, 1.165) is 0 Å². The van der Waals surface area contributed by atoms with Crippen molar-refractivity contribution >= 4 is 17.3 Å². The number of thiocarbonyl (C=S) groups is 1. The molecule has 7 heteroatoms. The first-order chi connectivity index (χ1) is 7.45. The third kappa shape index (κ3) is 3.23. The van der Waals surface area contributed by atoms with Crippen molar-refractivity contribution in [2.45, 2.75) is 44.1 Å². The molecule has 4 atom stereocenters. The van der Waals surface area contributed by atoms with Crippen molar-refractivity contribution in [3.8, 4) is 0 Å². The van der Waals surface area contributed by atoms with Crippen LogP contribution >= 0.6 is 12.2 Å². The molecule has 0 radical (unpaired) electrons. The fraction of sp³-hybridized carbons (Fsp3) is 0.889. The topological polar surface area (TPSA) is 53.5 Å². The summed E-state index contributed by atoms with van der Waals surface area (Å²) in [5.41, 5.74) is 0. The van der Waals surface area contributed by atoms with Crippen LogP contribution in [0.3, 0.4) is 0 Å². The second-order valence-electron chi connectivity index (χ2n) is 3.77. The number of hydrogen-bond donors (Lipinski definition) is 3. The summed E-state index contributed by atoms with van der Waals surface area (Å²) >= 11 is 4.90. The zero-order valence-corrected chi connectivity index (χ0v) is 9.93. The van der Waals surface area contributed by atoms with E-state index in [4.69, 9.17) is 17.0 Å². The Kier molecular flexibility index (Phi) is 4.82. The minimum Gasteiger partial charge on any atom is -0.390 e. The predicted molar refractivity (Wildman–Crippen MR) is 59.5 cm³/mol. The number of nitrogens with one attached hydrogen (secondary N) is 2. The number of alkyl halides is 2. The fourth-order valence-electron chi connectivity index (χ4n) is 1.66. The lowest BCUT2D eigenvalue weighted by atomic mass is 9.97. The molecule has 4 nitrogen and oxygen atoms in total. The largest absolute Gasteiger partial charge is 0.390 e. The van der Waals surface area contributed by atoms with Gasteiger partial charge in [0, 0.05) is 7.05 Å². The zero-order chi connectivity index (χ0) is 12.3. The van der Waals surface area contributed by atoms with Gasteiger partial charge in [0.25, 0.3) is 6.43 Å². The van der Waals surface area contributed by atoms with Crippen LogP contribution in [0, 0.1) is 0 Å². The normalized spacial score (nSPS) is 34.9. The van der Waals surface area contributed by atoms with Crippen LogP contribution in [0.2, 0.25) is 0 Å². The summed E-state index contributed by atoms with van der Waals surface area (Å²) in [6.07, 6.45) is -5.48. The van der Waals surface area contributed by atoms with Gasteiger partial charge >= 0.3 is 0 Å². The van der Waals surface area contributed by atoms with Crippen LogP contribution < -0.4 is 10.6 Å². The van der Waals surface area contributed by atoms with Gasteiger partial charge in [-0.1, -0.05) is 0 Å². The second-order valence-corrected chi connectivity index (χ2v) is 4.18. The molecule has 1 saturated heterocycles. The molecule has 1 fully saturated rings. The van der Waals surface area contributed by atoms with Gasteiger partial charge in [0.1, 0.15) is 6.10 Å². The smallest absolute Gasteiger partial charge is 0.266 e. The van der Waals surface area contributed by atoms with Crippen molar-refractivity contribution < 1.29 is 18.6 Å². The van der Waals surface area contributed by atoms with Crippen LogP contribution in [0.25, 0.3) is 0 Å². The van der Waals surface area contributed by atoms with Gasteiger partial charge in [-0.3, -0.25) is 0 Å². The van der Waals surface area contributed by atoms with Gasteiger partial charge in [-0.15, -0.1) is 0 Å². The van der Waals surface area contributed by atoms with Crippen molar-refractivity contribution in [2.24, 2.45) is 0 Å². The molecule has 0 saturated carbocycles.